The number of hydrogen-bond donors (Lipinski definition) is 1. The molecule has 1 atom stereocenters. The maximum absolute atomic E-state index is 11.7. The van der Waals surface area contributed by atoms with Crippen LogP contribution in [-0.2, 0) is 14.3 Å². The van der Waals surface area contributed by atoms with E-state index in [1.165, 1.54) is 0 Å². The summed E-state index contributed by atoms with van der Waals surface area (Å²) >= 11 is 0. The molecule has 0 aromatic rings. The first kappa shape index (κ1) is 14.8. The van der Waals surface area contributed by atoms with E-state index in [-0.39, 0.29) is 30.6 Å². The summed E-state index contributed by atoms with van der Waals surface area (Å²) in [5.41, 5.74) is 0.0370. The molecule has 0 saturated carbocycles. The lowest BCUT2D eigenvalue weighted by atomic mass is 9.76. The van der Waals surface area contributed by atoms with Gasteiger partial charge in [-0.15, -0.1) is 0 Å². The standard InChI is InChI=1S/C14H21NO5/c1-2-7-19-13(18)15-5-3-14(4-6-15)9-11(20-10-14)8-12(16)17/h2,11H,1,3-10H2,(H,16,17). The zero-order chi connectivity index (χ0) is 14.6. The van der Waals surface area contributed by atoms with Crippen molar-refractivity contribution in [3.05, 3.63) is 12.7 Å². The molecule has 6 nitrogen and oxygen atoms in total. The molecule has 0 radical (unpaired) electrons. The number of carbonyl (C=O) groups excluding carboxylic acids is 1. The van der Waals surface area contributed by atoms with Crippen LogP contribution in [0.4, 0.5) is 4.79 Å². The van der Waals surface area contributed by atoms with Crippen LogP contribution in [0.1, 0.15) is 25.7 Å². The summed E-state index contributed by atoms with van der Waals surface area (Å²) < 4.78 is 10.6. The number of carboxylic acid groups (broad SMARTS) is 1. The molecule has 0 aromatic heterocycles. The molecule has 2 heterocycles. The average molecular weight is 283 g/mol. The second kappa shape index (κ2) is 6.26. The largest absolute Gasteiger partial charge is 0.481 e. The Morgan fingerprint density at radius 1 is 1.45 bits per heavy atom. The van der Waals surface area contributed by atoms with Gasteiger partial charge in [-0.3, -0.25) is 4.79 Å². The Morgan fingerprint density at radius 2 is 2.15 bits per heavy atom. The summed E-state index contributed by atoms with van der Waals surface area (Å²) in [6, 6.07) is 0. The molecule has 2 aliphatic heterocycles. The van der Waals surface area contributed by atoms with Crippen molar-refractivity contribution in [3.8, 4) is 0 Å². The van der Waals surface area contributed by atoms with Gasteiger partial charge in [-0.05, 0) is 24.7 Å². The van der Waals surface area contributed by atoms with E-state index < -0.39 is 5.97 Å². The molecular formula is C14H21NO5. The van der Waals surface area contributed by atoms with Crippen LogP contribution in [0.3, 0.4) is 0 Å². The Bertz CT molecular complexity index is 387. The highest BCUT2D eigenvalue weighted by Gasteiger charge is 2.43. The first-order valence-corrected chi connectivity index (χ1v) is 6.91. The van der Waals surface area contributed by atoms with Gasteiger partial charge in [0.2, 0.25) is 0 Å². The predicted molar refractivity (Wildman–Crippen MR) is 71.4 cm³/mol. The van der Waals surface area contributed by atoms with Gasteiger partial charge in [0.15, 0.2) is 0 Å². The fourth-order valence-electron chi connectivity index (χ4n) is 2.95. The van der Waals surface area contributed by atoms with Crippen LogP contribution in [0.15, 0.2) is 12.7 Å². The third kappa shape index (κ3) is 3.50. The van der Waals surface area contributed by atoms with E-state index in [0.717, 1.165) is 19.3 Å². The number of carboxylic acids is 1. The van der Waals surface area contributed by atoms with Gasteiger partial charge in [0.05, 0.1) is 19.1 Å². The van der Waals surface area contributed by atoms with E-state index in [1.807, 2.05) is 0 Å². The topological polar surface area (TPSA) is 76.1 Å². The molecule has 1 amide bonds. The van der Waals surface area contributed by atoms with Crippen LogP contribution in [0.25, 0.3) is 0 Å². The van der Waals surface area contributed by atoms with Gasteiger partial charge < -0.3 is 19.5 Å². The normalized spacial score (nSPS) is 24.6. The van der Waals surface area contributed by atoms with Crippen molar-refractivity contribution in [1.29, 1.82) is 0 Å². The molecule has 2 rings (SSSR count). The smallest absolute Gasteiger partial charge is 0.410 e. The maximum Gasteiger partial charge on any atom is 0.410 e. The van der Waals surface area contributed by atoms with E-state index in [9.17, 15) is 9.59 Å². The van der Waals surface area contributed by atoms with Crippen molar-refractivity contribution >= 4 is 12.1 Å². The summed E-state index contributed by atoms with van der Waals surface area (Å²) in [4.78, 5) is 24.1. The Hall–Kier alpha value is -1.56. The van der Waals surface area contributed by atoms with E-state index in [1.54, 1.807) is 11.0 Å². The monoisotopic (exact) mass is 283 g/mol. The van der Waals surface area contributed by atoms with Gasteiger partial charge in [-0.25, -0.2) is 4.79 Å². The number of nitrogens with zero attached hydrogens (tertiary/aromatic N) is 1. The van der Waals surface area contributed by atoms with Crippen molar-refractivity contribution in [2.24, 2.45) is 5.41 Å². The molecule has 0 aliphatic carbocycles. The highest BCUT2D eigenvalue weighted by molar-refractivity contribution is 5.68. The van der Waals surface area contributed by atoms with Crippen LogP contribution in [0.2, 0.25) is 0 Å². The van der Waals surface area contributed by atoms with Crippen molar-refractivity contribution in [1.82, 2.24) is 4.90 Å². The molecule has 1 spiro atoms. The van der Waals surface area contributed by atoms with Gasteiger partial charge in [0.25, 0.3) is 0 Å². The zero-order valence-electron chi connectivity index (χ0n) is 11.5. The molecule has 0 bridgehead atoms. The van der Waals surface area contributed by atoms with Gasteiger partial charge >= 0.3 is 12.1 Å². The minimum atomic E-state index is -0.822. The molecule has 1 N–H and O–H groups in total. The summed E-state index contributed by atoms with van der Waals surface area (Å²) in [5, 5.41) is 8.80. The number of ether oxygens (including phenoxy) is 2. The molecule has 20 heavy (non-hydrogen) atoms. The minimum Gasteiger partial charge on any atom is -0.481 e. The Morgan fingerprint density at radius 3 is 2.75 bits per heavy atom. The van der Waals surface area contributed by atoms with E-state index in [4.69, 9.17) is 14.6 Å². The molecule has 2 saturated heterocycles. The summed E-state index contributed by atoms with van der Waals surface area (Å²) in [7, 11) is 0. The number of rotatable bonds is 4. The van der Waals surface area contributed by atoms with Crippen molar-refractivity contribution < 1.29 is 24.2 Å². The minimum absolute atomic E-state index is 0.0370. The Kier molecular flexibility index (Phi) is 4.65. The van der Waals surface area contributed by atoms with Gasteiger partial charge in [0.1, 0.15) is 6.61 Å². The first-order chi connectivity index (χ1) is 9.54. The maximum atomic E-state index is 11.7. The highest BCUT2D eigenvalue weighted by atomic mass is 16.6. The summed E-state index contributed by atoms with van der Waals surface area (Å²) in [5.74, 6) is -0.822. The van der Waals surface area contributed by atoms with Gasteiger partial charge in [-0.1, -0.05) is 12.7 Å². The lowest BCUT2D eigenvalue weighted by Gasteiger charge is -2.37. The van der Waals surface area contributed by atoms with Gasteiger partial charge in [-0.2, -0.15) is 0 Å². The molecule has 2 fully saturated rings. The number of likely N-dealkylation sites (tertiary alicyclic amines) is 1. The summed E-state index contributed by atoms with van der Waals surface area (Å²) in [6.07, 6.45) is 3.57. The summed E-state index contributed by atoms with van der Waals surface area (Å²) in [6.45, 7) is 5.61. The zero-order valence-corrected chi connectivity index (χ0v) is 11.5. The average Bonchev–Trinajstić information content (AvgIpc) is 2.79. The van der Waals surface area contributed by atoms with Crippen LogP contribution < -0.4 is 0 Å². The number of aliphatic carboxylic acids is 1. The molecule has 0 aromatic carbocycles. The third-order valence-electron chi connectivity index (χ3n) is 4.10. The van der Waals surface area contributed by atoms with E-state index >= 15 is 0 Å². The molecule has 2 aliphatic rings. The van der Waals surface area contributed by atoms with Crippen molar-refractivity contribution in [3.63, 3.8) is 0 Å². The molecule has 1 unspecified atom stereocenters. The number of piperidine rings is 1. The van der Waals surface area contributed by atoms with E-state index in [2.05, 4.69) is 6.58 Å². The van der Waals surface area contributed by atoms with E-state index in [0.29, 0.717) is 19.7 Å². The van der Waals surface area contributed by atoms with Crippen LogP contribution in [0.5, 0.6) is 0 Å². The third-order valence-corrected chi connectivity index (χ3v) is 4.10. The lowest BCUT2D eigenvalue weighted by Crippen LogP contribution is -2.43. The van der Waals surface area contributed by atoms with Crippen LogP contribution in [-0.4, -0.2) is 54.5 Å². The quantitative estimate of drug-likeness (QED) is 0.794. The second-order valence-corrected chi connectivity index (χ2v) is 5.59. The van der Waals surface area contributed by atoms with Crippen molar-refractivity contribution in [2.75, 3.05) is 26.3 Å². The molecule has 6 heteroatoms. The fourth-order valence-corrected chi connectivity index (χ4v) is 2.95. The predicted octanol–water partition coefficient (Wildman–Crippen LogP) is 1.65. The van der Waals surface area contributed by atoms with Crippen LogP contribution >= 0.6 is 0 Å². The Labute approximate surface area is 118 Å². The van der Waals surface area contributed by atoms with Gasteiger partial charge in [0, 0.05) is 13.1 Å². The fraction of sp³-hybridized carbons (Fsp3) is 0.714. The highest BCUT2D eigenvalue weighted by Crippen LogP contribution is 2.42. The van der Waals surface area contributed by atoms with Crippen LogP contribution in [0, 0.1) is 5.41 Å². The Balaban J connectivity index is 1.81. The lowest BCUT2D eigenvalue weighted by molar-refractivity contribution is -0.139. The number of amides is 1. The molecule has 112 valence electrons. The SMILES string of the molecule is C=CCOC(=O)N1CCC2(CC1)COC(CC(=O)O)C2. The van der Waals surface area contributed by atoms with Crippen molar-refractivity contribution in [2.45, 2.75) is 31.8 Å². The second-order valence-electron chi connectivity index (χ2n) is 5.59. The number of carbonyl (C=O) groups is 2. The number of hydrogen-bond acceptors (Lipinski definition) is 4. The first-order valence-electron chi connectivity index (χ1n) is 6.91. The molecular weight excluding hydrogens is 262 g/mol.